The fourth-order valence-corrected chi connectivity index (χ4v) is 2.30. The molecule has 3 aromatic rings. The standard InChI is InChI=1S/C12H9Cl2N5/c13-7-2-1-6(8(14)4-7)3-9-18-10-11(15)16-5-17-12(10)19-9/h1-2,4-5H,3H2,(H3,15,16,17,18,19). The molecule has 2 aromatic heterocycles. The van der Waals surface area contributed by atoms with Crippen LogP contribution < -0.4 is 5.73 Å². The van der Waals surface area contributed by atoms with E-state index in [1.807, 2.05) is 6.07 Å². The molecule has 0 aliphatic heterocycles. The molecule has 0 aliphatic carbocycles. The molecule has 0 aliphatic rings. The summed E-state index contributed by atoms with van der Waals surface area (Å²) in [6.07, 6.45) is 1.93. The van der Waals surface area contributed by atoms with Crippen LogP contribution in [0.1, 0.15) is 11.4 Å². The average molecular weight is 294 g/mol. The summed E-state index contributed by atoms with van der Waals surface area (Å²) in [6, 6.07) is 5.36. The van der Waals surface area contributed by atoms with Crippen molar-refractivity contribution in [3.8, 4) is 0 Å². The molecule has 7 heteroatoms. The lowest BCUT2D eigenvalue weighted by molar-refractivity contribution is 1.03. The minimum absolute atomic E-state index is 0.381. The second-order valence-electron chi connectivity index (χ2n) is 4.05. The summed E-state index contributed by atoms with van der Waals surface area (Å²) >= 11 is 12.0. The van der Waals surface area contributed by atoms with Crippen LogP contribution in [-0.4, -0.2) is 19.9 Å². The number of nitrogens with one attached hydrogen (secondary N) is 1. The van der Waals surface area contributed by atoms with E-state index >= 15 is 0 Å². The second kappa shape index (κ2) is 4.68. The van der Waals surface area contributed by atoms with Crippen molar-refractivity contribution < 1.29 is 0 Å². The quantitative estimate of drug-likeness (QED) is 0.761. The van der Waals surface area contributed by atoms with E-state index in [-0.39, 0.29) is 0 Å². The summed E-state index contributed by atoms with van der Waals surface area (Å²) in [6.45, 7) is 0. The minimum Gasteiger partial charge on any atom is -0.382 e. The number of aromatic nitrogens is 4. The number of halogens is 2. The fraction of sp³-hybridized carbons (Fsp3) is 0.0833. The molecule has 0 unspecified atom stereocenters. The Hall–Kier alpha value is -1.85. The highest BCUT2D eigenvalue weighted by Gasteiger charge is 2.09. The molecule has 5 nitrogen and oxygen atoms in total. The van der Waals surface area contributed by atoms with E-state index in [9.17, 15) is 0 Å². The van der Waals surface area contributed by atoms with Gasteiger partial charge in [0.2, 0.25) is 0 Å². The van der Waals surface area contributed by atoms with Gasteiger partial charge in [-0.15, -0.1) is 0 Å². The largest absolute Gasteiger partial charge is 0.382 e. The van der Waals surface area contributed by atoms with Crippen LogP contribution in [0.25, 0.3) is 11.2 Å². The average Bonchev–Trinajstić information content (AvgIpc) is 2.77. The summed E-state index contributed by atoms with van der Waals surface area (Å²) in [5.41, 5.74) is 7.86. The van der Waals surface area contributed by atoms with E-state index < -0.39 is 0 Å². The molecule has 0 spiro atoms. The van der Waals surface area contributed by atoms with Crippen molar-refractivity contribution in [3.05, 3.63) is 46.0 Å². The number of anilines is 1. The van der Waals surface area contributed by atoms with Gasteiger partial charge in [0, 0.05) is 16.5 Å². The number of aromatic amines is 1. The Balaban J connectivity index is 1.99. The van der Waals surface area contributed by atoms with Crippen molar-refractivity contribution in [1.29, 1.82) is 0 Å². The number of hydrogen-bond donors (Lipinski definition) is 2. The van der Waals surface area contributed by atoms with Gasteiger partial charge < -0.3 is 10.7 Å². The van der Waals surface area contributed by atoms with Crippen LogP contribution in [0.15, 0.2) is 24.5 Å². The maximum Gasteiger partial charge on any atom is 0.183 e. The Morgan fingerprint density at radius 1 is 1.21 bits per heavy atom. The number of H-pyrrole nitrogens is 1. The lowest BCUT2D eigenvalue weighted by Crippen LogP contribution is -1.92. The first-order valence-electron chi connectivity index (χ1n) is 5.52. The number of benzene rings is 1. The van der Waals surface area contributed by atoms with Crippen molar-refractivity contribution in [2.24, 2.45) is 0 Å². The molecule has 0 atom stereocenters. The van der Waals surface area contributed by atoms with Crippen molar-refractivity contribution in [3.63, 3.8) is 0 Å². The lowest BCUT2D eigenvalue weighted by Gasteiger charge is -2.02. The Bertz CT molecular complexity index is 753. The van der Waals surface area contributed by atoms with Crippen molar-refractivity contribution in [2.75, 3.05) is 5.73 Å². The van der Waals surface area contributed by atoms with Crippen LogP contribution in [-0.2, 0) is 6.42 Å². The summed E-state index contributed by atoms with van der Waals surface area (Å²) in [5, 5.41) is 1.21. The van der Waals surface area contributed by atoms with Crippen molar-refractivity contribution in [2.45, 2.75) is 6.42 Å². The highest BCUT2D eigenvalue weighted by atomic mass is 35.5. The maximum atomic E-state index is 6.13. The molecule has 3 N–H and O–H groups in total. The third-order valence-electron chi connectivity index (χ3n) is 2.74. The fourth-order valence-electron chi connectivity index (χ4n) is 1.82. The monoisotopic (exact) mass is 293 g/mol. The number of fused-ring (bicyclic) bond motifs is 1. The van der Waals surface area contributed by atoms with Gasteiger partial charge in [-0.05, 0) is 17.7 Å². The zero-order chi connectivity index (χ0) is 13.4. The Labute approximate surface area is 118 Å². The van der Waals surface area contributed by atoms with Crippen molar-refractivity contribution in [1.82, 2.24) is 19.9 Å². The van der Waals surface area contributed by atoms with Crippen LogP contribution >= 0.6 is 23.2 Å². The molecule has 0 saturated heterocycles. The Morgan fingerprint density at radius 3 is 2.79 bits per heavy atom. The number of nitrogen functional groups attached to an aromatic ring is 1. The smallest absolute Gasteiger partial charge is 0.183 e. The number of nitrogens with two attached hydrogens (primary N) is 1. The van der Waals surface area contributed by atoms with Gasteiger partial charge in [-0.3, -0.25) is 0 Å². The minimum atomic E-state index is 0.381. The first kappa shape index (κ1) is 12.2. The predicted molar refractivity (Wildman–Crippen MR) is 75.4 cm³/mol. The zero-order valence-corrected chi connectivity index (χ0v) is 11.2. The molecule has 0 fully saturated rings. The molecule has 96 valence electrons. The normalized spacial score (nSPS) is 11.1. The van der Waals surface area contributed by atoms with Gasteiger partial charge in [-0.2, -0.15) is 0 Å². The van der Waals surface area contributed by atoms with E-state index in [2.05, 4.69) is 19.9 Å². The maximum absolute atomic E-state index is 6.13. The van der Waals surface area contributed by atoms with E-state index in [0.717, 1.165) is 11.4 Å². The summed E-state index contributed by atoms with van der Waals surface area (Å²) in [4.78, 5) is 15.4. The zero-order valence-electron chi connectivity index (χ0n) is 9.69. The number of hydrogen-bond acceptors (Lipinski definition) is 4. The van der Waals surface area contributed by atoms with Gasteiger partial charge in [-0.1, -0.05) is 29.3 Å². The van der Waals surface area contributed by atoms with Crippen LogP contribution in [0, 0.1) is 0 Å². The molecule has 19 heavy (non-hydrogen) atoms. The summed E-state index contributed by atoms with van der Waals surface area (Å²) in [7, 11) is 0. The van der Waals surface area contributed by atoms with Gasteiger partial charge in [0.15, 0.2) is 11.5 Å². The molecule has 0 saturated carbocycles. The number of nitrogens with zero attached hydrogens (tertiary/aromatic N) is 3. The second-order valence-corrected chi connectivity index (χ2v) is 4.90. The molecule has 0 radical (unpaired) electrons. The molecule has 0 amide bonds. The van der Waals surface area contributed by atoms with Crippen molar-refractivity contribution >= 4 is 40.2 Å². The third kappa shape index (κ3) is 2.34. The Kier molecular flexibility index (Phi) is 3.00. The van der Waals surface area contributed by atoms with E-state index in [1.54, 1.807) is 12.1 Å². The van der Waals surface area contributed by atoms with E-state index in [4.69, 9.17) is 28.9 Å². The van der Waals surface area contributed by atoms with Gasteiger partial charge in [0.05, 0.1) is 0 Å². The topological polar surface area (TPSA) is 80.5 Å². The SMILES string of the molecule is Nc1ncnc2nc(Cc3ccc(Cl)cc3Cl)[nH]c12. The van der Waals surface area contributed by atoms with E-state index in [1.165, 1.54) is 6.33 Å². The first-order valence-corrected chi connectivity index (χ1v) is 6.28. The predicted octanol–water partition coefficient (Wildman–Crippen LogP) is 2.83. The van der Waals surface area contributed by atoms with Crippen LogP contribution in [0.3, 0.4) is 0 Å². The summed E-state index contributed by atoms with van der Waals surface area (Å²) < 4.78 is 0. The number of imidazole rings is 1. The lowest BCUT2D eigenvalue weighted by atomic mass is 10.1. The van der Waals surface area contributed by atoms with Gasteiger partial charge in [0.25, 0.3) is 0 Å². The molecular weight excluding hydrogens is 285 g/mol. The summed E-state index contributed by atoms with van der Waals surface area (Å²) in [5.74, 6) is 1.11. The molecule has 2 heterocycles. The highest BCUT2D eigenvalue weighted by molar-refractivity contribution is 6.35. The molecule has 3 rings (SSSR count). The van der Waals surface area contributed by atoms with Crippen LogP contribution in [0.2, 0.25) is 10.0 Å². The highest BCUT2D eigenvalue weighted by Crippen LogP contribution is 2.23. The molecule has 0 bridgehead atoms. The van der Waals surface area contributed by atoms with Crippen LogP contribution in [0.4, 0.5) is 5.82 Å². The van der Waals surface area contributed by atoms with Gasteiger partial charge in [0.1, 0.15) is 17.7 Å². The van der Waals surface area contributed by atoms with Gasteiger partial charge >= 0.3 is 0 Å². The first-order chi connectivity index (χ1) is 9.13. The van der Waals surface area contributed by atoms with E-state index in [0.29, 0.717) is 33.4 Å². The van der Waals surface area contributed by atoms with Gasteiger partial charge in [-0.25, -0.2) is 15.0 Å². The third-order valence-corrected chi connectivity index (χ3v) is 3.33. The Morgan fingerprint density at radius 2 is 2.05 bits per heavy atom. The van der Waals surface area contributed by atoms with Crippen LogP contribution in [0.5, 0.6) is 0 Å². The number of rotatable bonds is 2. The molecular formula is C12H9Cl2N5. The molecule has 1 aromatic carbocycles.